The lowest BCUT2D eigenvalue weighted by molar-refractivity contribution is 0.0641. The number of benzene rings is 1. The molecule has 6 heteroatoms. The van der Waals surface area contributed by atoms with Crippen LogP contribution >= 0.6 is 11.3 Å². The first-order valence-electron chi connectivity index (χ1n) is 7.80. The van der Waals surface area contributed by atoms with Crippen molar-refractivity contribution in [3.05, 3.63) is 52.0 Å². The normalized spacial score (nSPS) is 17.6. The number of methoxy groups -OCH3 is 1. The van der Waals surface area contributed by atoms with Crippen LogP contribution in [0.15, 0.2) is 35.7 Å². The second-order valence-corrected chi connectivity index (χ2v) is 6.73. The molecule has 1 atom stereocenters. The Labute approximate surface area is 143 Å². The van der Waals surface area contributed by atoms with E-state index in [0.717, 1.165) is 6.42 Å². The van der Waals surface area contributed by atoms with Crippen molar-refractivity contribution >= 4 is 23.0 Å². The van der Waals surface area contributed by atoms with Crippen LogP contribution in [0.2, 0.25) is 0 Å². The van der Waals surface area contributed by atoms with E-state index in [1.54, 1.807) is 17.0 Å². The van der Waals surface area contributed by atoms with Crippen LogP contribution in [0.1, 0.15) is 32.9 Å². The predicted molar refractivity (Wildman–Crippen MR) is 90.2 cm³/mol. The number of carbonyl (C=O) groups is 2. The van der Waals surface area contributed by atoms with Gasteiger partial charge in [0.2, 0.25) is 0 Å². The Morgan fingerprint density at radius 2 is 2.17 bits per heavy atom. The molecule has 1 aromatic heterocycles. The van der Waals surface area contributed by atoms with Gasteiger partial charge in [-0.15, -0.1) is 11.3 Å². The van der Waals surface area contributed by atoms with Crippen molar-refractivity contribution in [3.8, 4) is 5.75 Å². The Balaban J connectivity index is 1.73. The number of carbonyl (C=O) groups excluding carboxylic acids is 2. The summed E-state index contributed by atoms with van der Waals surface area (Å²) in [6.45, 7) is 1.03. The van der Waals surface area contributed by atoms with Crippen LogP contribution in [-0.2, 0) is 0 Å². The van der Waals surface area contributed by atoms with Crippen molar-refractivity contribution < 1.29 is 18.7 Å². The van der Waals surface area contributed by atoms with Gasteiger partial charge in [-0.3, -0.25) is 9.59 Å². The van der Waals surface area contributed by atoms with Gasteiger partial charge < -0.3 is 9.64 Å². The molecule has 1 saturated heterocycles. The average molecular weight is 347 g/mol. The molecule has 0 radical (unpaired) electrons. The van der Waals surface area contributed by atoms with Crippen molar-refractivity contribution in [2.75, 3.05) is 20.2 Å². The van der Waals surface area contributed by atoms with E-state index in [4.69, 9.17) is 4.74 Å². The lowest BCUT2D eigenvalue weighted by Gasteiger charge is -2.31. The van der Waals surface area contributed by atoms with Gasteiger partial charge in [0, 0.05) is 24.6 Å². The fourth-order valence-electron chi connectivity index (χ4n) is 2.99. The second-order valence-electron chi connectivity index (χ2n) is 5.78. The first-order valence-corrected chi connectivity index (χ1v) is 8.68. The van der Waals surface area contributed by atoms with Crippen LogP contribution in [0.4, 0.5) is 4.39 Å². The van der Waals surface area contributed by atoms with Crippen molar-refractivity contribution in [1.29, 1.82) is 0 Å². The zero-order valence-electron chi connectivity index (χ0n) is 13.3. The third-order valence-corrected chi connectivity index (χ3v) is 5.11. The van der Waals surface area contributed by atoms with Crippen LogP contribution < -0.4 is 4.74 Å². The topological polar surface area (TPSA) is 46.6 Å². The van der Waals surface area contributed by atoms with Crippen molar-refractivity contribution in [2.24, 2.45) is 5.92 Å². The van der Waals surface area contributed by atoms with Crippen LogP contribution in [-0.4, -0.2) is 36.8 Å². The van der Waals surface area contributed by atoms with E-state index in [1.165, 1.54) is 30.6 Å². The number of hydrogen-bond donors (Lipinski definition) is 0. The number of piperidine rings is 1. The lowest BCUT2D eigenvalue weighted by atomic mass is 9.90. The molecule has 0 N–H and O–H groups in total. The molecule has 0 saturated carbocycles. The number of ether oxygens (including phenoxy) is 1. The molecule has 24 heavy (non-hydrogen) atoms. The number of halogens is 1. The van der Waals surface area contributed by atoms with Crippen LogP contribution in [0.5, 0.6) is 5.75 Å². The van der Waals surface area contributed by atoms with E-state index >= 15 is 0 Å². The SMILES string of the molecule is COc1ccc(C(=O)[C@H]2CCCN(C(=O)c3cccs3)C2)cc1F. The zero-order chi connectivity index (χ0) is 17.1. The Hall–Kier alpha value is -2.21. The maximum absolute atomic E-state index is 13.8. The molecule has 0 bridgehead atoms. The van der Waals surface area contributed by atoms with Crippen molar-refractivity contribution in [2.45, 2.75) is 12.8 Å². The Morgan fingerprint density at radius 1 is 1.33 bits per heavy atom. The van der Waals surface area contributed by atoms with Gasteiger partial charge in [0.15, 0.2) is 17.3 Å². The van der Waals surface area contributed by atoms with Gasteiger partial charge >= 0.3 is 0 Å². The average Bonchev–Trinajstić information content (AvgIpc) is 3.15. The zero-order valence-corrected chi connectivity index (χ0v) is 14.1. The summed E-state index contributed by atoms with van der Waals surface area (Å²) >= 11 is 1.40. The Morgan fingerprint density at radius 3 is 2.83 bits per heavy atom. The molecular formula is C18H18FNO3S. The lowest BCUT2D eigenvalue weighted by Crippen LogP contribution is -2.42. The molecule has 4 nitrogen and oxygen atoms in total. The van der Waals surface area contributed by atoms with Crippen molar-refractivity contribution in [1.82, 2.24) is 4.90 Å². The Bertz CT molecular complexity index is 745. The molecule has 1 aliphatic heterocycles. The molecule has 1 amide bonds. The summed E-state index contributed by atoms with van der Waals surface area (Å²) in [4.78, 5) is 27.5. The van der Waals surface area contributed by atoms with E-state index in [0.29, 0.717) is 30.0 Å². The molecule has 0 unspecified atom stereocenters. The largest absolute Gasteiger partial charge is 0.494 e. The molecule has 0 spiro atoms. The maximum Gasteiger partial charge on any atom is 0.263 e. The number of ketones is 1. The number of thiophene rings is 1. The van der Waals surface area contributed by atoms with Crippen LogP contribution in [0.25, 0.3) is 0 Å². The number of Topliss-reactive ketones (excluding diaryl/α,β-unsaturated/α-hetero) is 1. The Kier molecular flexibility index (Phi) is 4.94. The van der Waals surface area contributed by atoms with Gasteiger partial charge in [-0.1, -0.05) is 6.07 Å². The van der Waals surface area contributed by atoms with Crippen LogP contribution in [0.3, 0.4) is 0 Å². The highest BCUT2D eigenvalue weighted by Gasteiger charge is 2.30. The maximum atomic E-state index is 13.8. The minimum absolute atomic E-state index is 0.0385. The van der Waals surface area contributed by atoms with Gasteiger partial charge in [-0.25, -0.2) is 4.39 Å². The van der Waals surface area contributed by atoms with Gasteiger partial charge in [-0.05, 0) is 42.5 Å². The molecule has 1 aliphatic rings. The van der Waals surface area contributed by atoms with Gasteiger partial charge in [0.05, 0.1) is 12.0 Å². The summed E-state index contributed by atoms with van der Waals surface area (Å²) in [6.07, 6.45) is 1.48. The molecule has 2 heterocycles. The van der Waals surface area contributed by atoms with Gasteiger partial charge in [-0.2, -0.15) is 0 Å². The summed E-state index contributed by atoms with van der Waals surface area (Å²) < 4.78 is 18.7. The minimum Gasteiger partial charge on any atom is -0.494 e. The van der Waals surface area contributed by atoms with E-state index in [2.05, 4.69) is 0 Å². The fourth-order valence-corrected chi connectivity index (χ4v) is 3.68. The number of rotatable bonds is 4. The quantitative estimate of drug-likeness (QED) is 0.794. The smallest absolute Gasteiger partial charge is 0.263 e. The summed E-state index contributed by atoms with van der Waals surface area (Å²) in [7, 11) is 1.38. The molecule has 2 aromatic rings. The molecule has 126 valence electrons. The predicted octanol–water partition coefficient (Wildman–Crippen LogP) is 3.63. The van der Waals surface area contributed by atoms with Crippen LogP contribution in [0, 0.1) is 11.7 Å². The molecule has 1 aromatic carbocycles. The third-order valence-electron chi connectivity index (χ3n) is 4.25. The monoisotopic (exact) mass is 347 g/mol. The highest BCUT2D eigenvalue weighted by atomic mass is 32.1. The molecule has 1 fully saturated rings. The first-order chi connectivity index (χ1) is 11.6. The fraction of sp³-hybridized carbons (Fsp3) is 0.333. The summed E-state index contributed by atoms with van der Waals surface area (Å²) in [5.74, 6) is -0.894. The van der Waals surface area contributed by atoms with Gasteiger partial charge in [0.1, 0.15) is 0 Å². The van der Waals surface area contributed by atoms with Crippen molar-refractivity contribution in [3.63, 3.8) is 0 Å². The highest BCUT2D eigenvalue weighted by molar-refractivity contribution is 7.12. The summed E-state index contributed by atoms with van der Waals surface area (Å²) in [5, 5.41) is 1.86. The highest BCUT2D eigenvalue weighted by Crippen LogP contribution is 2.25. The molecule has 0 aliphatic carbocycles. The molecule has 3 rings (SSSR count). The van der Waals surface area contributed by atoms with E-state index in [-0.39, 0.29) is 23.4 Å². The standard InChI is InChI=1S/C18H18FNO3S/c1-23-15-7-6-12(10-14(15)19)17(21)13-4-2-8-20(11-13)18(22)16-5-3-9-24-16/h3,5-7,9-10,13H,2,4,8,11H2,1H3/t13-/m0/s1. The summed E-state index contributed by atoms with van der Waals surface area (Å²) in [5.41, 5.74) is 0.323. The number of likely N-dealkylation sites (tertiary alicyclic amines) is 1. The van der Waals surface area contributed by atoms with E-state index in [9.17, 15) is 14.0 Å². The summed E-state index contributed by atoms with van der Waals surface area (Å²) in [6, 6.07) is 7.87. The van der Waals surface area contributed by atoms with Gasteiger partial charge in [0.25, 0.3) is 5.91 Å². The second kappa shape index (κ2) is 7.13. The van der Waals surface area contributed by atoms with E-state index in [1.807, 2.05) is 11.4 Å². The molecular weight excluding hydrogens is 329 g/mol. The number of hydrogen-bond acceptors (Lipinski definition) is 4. The third kappa shape index (κ3) is 3.33. The number of nitrogens with zero attached hydrogens (tertiary/aromatic N) is 1. The minimum atomic E-state index is -0.550. The first kappa shape index (κ1) is 16.6. The number of amides is 1. The van der Waals surface area contributed by atoms with E-state index < -0.39 is 5.82 Å².